The molecule has 0 saturated heterocycles. The molecule has 2 aromatic heterocycles. The molecule has 3 heterocycles. The molecule has 0 saturated carbocycles. The van der Waals surface area contributed by atoms with E-state index in [0.29, 0.717) is 35.7 Å². The number of nitrogens with one attached hydrogen (secondary N) is 1. The summed E-state index contributed by atoms with van der Waals surface area (Å²) in [5.74, 6) is 0. The van der Waals surface area contributed by atoms with Gasteiger partial charge in [-0.3, -0.25) is 9.69 Å². The Balaban J connectivity index is 1.51. The van der Waals surface area contributed by atoms with Crippen LogP contribution < -0.4 is 5.56 Å². The van der Waals surface area contributed by atoms with Crippen molar-refractivity contribution in [3.63, 3.8) is 0 Å². The van der Waals surface area contributed by atoms with Crippen molar-refractivity contribution in [2.24, 2.45) is 0 Å². The Morgan fingerprint density at radius 1 is 1.09 bits per heavy atom. The summed E-state index contributed by atoms with van der Waals surface area (Å²) >= 11 is 1.42. The number of H-pyrrole nitrogens is 1. The Labute approximate surface area is 190 Å². The zero-order valence-corrected chi connectivity index (χ0v) is 19.1. The van der Waals surface area contributed by atoms with Crippen LogP contribution in [0.5, 0.6) is 0 Å². The summed E-state index contributed by atoms with van der Waals surface area (Å²) in [4.78, 5) is 22.3. The zero-order chi connectivity index (χ0) is 22.3. The van der Waals surface area contributed by atoms with Gasteiger partial charge in [-0.25, -0.2) is 17.4 Å². The summed E-state index contributed by atoms with van der Waals surface area (Å²) in [6.45, 7) is 1.78. The van der Waals surface area contributed by atoms with Gasteiger partial charge in [0.15, 0.2) is 5.16 Å². The summed E-state index contributed by atoms with van der Waals surface area (Å²) < 4.78 is 28.0. The van der Waals surface area contributed by atoms with E-state index in [1.165, 1.54) is 15.7 Å². The minimum atomic E-state index is -3.72. The van der Waals surface area contributed by atoms with Gasteiger partial charge in [-0.15, -0.1) is 0 Å². The first kappa shape index (κ1) is 21.0. The molecule has 0 radical (unpaired) electrons. The molecule has 1 N–H and O–H groups in total. The van der Waals surface area contributed by atoms with Crippen molar-refractivity contribution in [1.82, 2.24) is 18.8 Å². The molecule has 0 fully saturated rings. The van der Waals surface area contributed by atoms with Gasteiger partial charge in [-0.1, -0.05) is 48.2 Å². The van der Waals surface area contributed by atoms with Crippen molar-refractivity contribution in [3.05, 3.63) is 88.0 Å². The first-order valence-electron chi connectivity index (χ1n) is 10.3. The lowest BCUT2D eigenvalue weighted by molar-refractivity contribution is 0.241. The topological polar surface area (TPSA) is 88.1 Å². The Bertz CT molecular complexity index is 1460. The minimum Gasteiger partial charge on any atom is -0.301 e. The van der Waals surface area contributed by atoms with E-state index in [2.05, 4.69) is 14.9 Å². The maximum atomic E-state index is 13.3. The highest BCUT2D eigenvalue weighted by Crippen LogP contribution is 2.28. The number of nitrogens with zero attached hydrogens (tertiary/aromatic N) is 3. The van der Waals surface area contributed by atoms with Crippen LogP contribution in [0.15, 0.2) is 75.6 Å². The minimum absolute atomic E-state index is 0.0990. The van der Waals surface area contributed by atoms with Crippen molar-refractivity contribution in [2.75, 3.05) is 12.8 Å². The number of hydrogen-bond donors (Lipinski definition) is 1. The van der Waals surface area contributed by atoms with E-state index in [4.69, 9.17) is 0 Å². The van der Waals surface area contributed by atoms with Crippen LogP contribution in [0.1, 0.15) is 16.8 Å². The second kappa shape index (κ2) is 8.23. The molecule has 0 atom stereocenters. The summed E-state index contributed by atoms with van der Waals surface area (Å²) in [5, 5.41) is 1.53. The maximum Gasteiger partial charge on any atom is 0.268 e. The third kappa shape index (κ3) is 3.66. The fraction of sp³-hybridized carbons (Fsp3) is 0.217. The molecule has 164 valence electrons. The number of rotatable bonds is 5. The summed E-state index contributed by atoms with van der Waals surface area (Å²) in [6.07, 6.45) is 4.29. The zero-order valence-electron chi connectivity index (χ0n) is 17.5. The van der Waals surface area contributed by atoms with Gasteiger partial charge in [0.2, 0.25) is 0 Å². The molecule has 7 nitrogen and oxygen atoms in total. The van der Waals surface area contributed by atoms with Crippen molar-refractivity contribution in [2.45, 2.75) is 29.6 Å². The molecular weight excluding hydrogens is 444 g/mol. The molecule has 1 aliphatic rings. The van der Waals surface area contributed by atoms with Gasteiger partial charge < -0.3 is 4.98 Å². The van der Waals surface area contributed by atoms with E-state index in [0.717, 1.165) is 23.2 Å². The van der Waals surface area contributed by atoms with Crippen LogP contribution in [0.25, 0.3) is 10.9 Å². The average Bonchev–Trinajstić information content (AvgIpc) is 3.19. The molecule has 0 amide bonds. The number of thioether (sulfide) groups is 1. The van der Waals surface area contributed by atoms with E-state index in [1.54, 1.807) is 36.5 Å². The highest BCUT2D eigenvalue weighted by Gasteiger charge is 2.25. The van der Waals surface area contributed by atoms with Crippen LogP contribution >= 0.6 is 11.8 Å². The predicted molar refractivity (Wildman–Crippen MR) is 125 cm³/mol. The Morgan fingerprint density at radius 3 is 2.62 bits per heavy atom. The highest BCUT2D eigenvalue weighted by atomic mass is 32.2. The van der Waals surface area contributed by atoms with E-state index in [1.807, 2.05) is 30.5 Å². The van der Waals surface area contributed by atoms with Crippen LogP contribution in [0.3, 0.4) is 0 Å². The fourth-order valence-electron chi connectivity index (χ4n) is 4.18. The quantitative estimate of drug-likeness (QED) is 0.359. The van der Waals surface area contributed by atoms with E-state index < -0.39 is 10.0 Å². The molecule has 1 aliphatic heterocycles. The number of para-hydroxylation sites is 1. The van der Waals surface area contributed by atoms with Crippen molar-refractivity contribution >= 4 is 32.7 Å². The predicted octanol–water partition coefficient (Wildman–Crippen LogP) is 3.24. The molecule has 2 aromatic carbocycles. The first-order valence-corrected chi connectivity index (χ1v) is 12.9. The Hall–Kier alpha value is -2.88. The Morgan fingerprint density at radius 2 is 1.84 bits per heavy atom. The number of hydrogen-bond acceptors (Lipinski definition) is 6. The average molecular weight is 467 g/mol. The number of fused-ring (bicyclic) bond motifs is 2. The van der Waals surface area contributed by atoms with Gasteiger partial charge in [0.1, 0.15) is 0 Å². The molecule has 0 bridgehead atoms. The van der Waals surface area contributed by atoms with Gasteiger partial charge >= 0.3 is 0 Å². The van der Waals surface area contributed by atoms with E-state index in [-0.39, 0.29) is 10.5 Å². The lowest BCUT2D eigenvalue weighted by Gasteiger charge is -2.27. The fourth-order valence-corrected chi connectivity index (χ4v) is 5.99. The molecule has 4 aromatic rings. The number of aromatic amines is 1. The second-order valence-corrected chi connectivity index (χ2v) is 10.4. The Kier molecular flexibility index (Phi) is 5.40. The van der Waals surface area contributed by atoms with Crippen LogP contribution in [0.4, 0.5) is 0 Å². The van der Waals surface area contributed by atoms with E-state index >= 15 is 0 Å². The van der Waals surface area contributed by atoms with Crippen LogP contribution in [-0.4, -0.2) is 40.1 Å². The molecule has 32 heavy (non-hydrogen) atoms. The van der Waals surface area contributed by atoms with Gasteiger partial charge in [0, 0.05) is 37.6 Å². The lowest BCUT2D eigenvalue weighted by atomic mass is 10.1. The van der Waals surface area contributed by atoms with Crippen molar-refractivity contribution in [3.8, 4) is 0 Å². The molecular formula is C23H22N4O3S2. The summed E-state index contributed by atoms with van der Waals surface area (Å²) in [5.41, 5.74) is 3.00. The maximum absolute atomic E-state index is 13.3. The third-order valence-electron chi connectivity index (χ3n) is 5.77. The number of aromatic nitrogens is 3. The largest absolute Gasteiger partial charge is 0.301 e. The van der Waals surface area contributed by atoms with Gasteiger partial charge in [-0.05, 0) is 30.0 Å². The third-order valence-corrected chi connectivity index (χ3v) is 8.04. The number of benzene rings is 2. The molecule has 0 spiro atoms. The van der Waals surface area contributed by atoms with Gasteiger partial charge in [0.05, 0.1) is 21.7 Å². The molecule has 0 aliphatic carbocycles. The lowest BCUT2D eigenvalue weighted by Crippen LogP contribution is -2.35. The summed E-state index contributed by atoms with van der Waals surface area (Å²) in [6, 6.07) is 16.0. The van der Waals surface area contributed by atoms with Gasteiger partial charge in [-0.2, -0.15) is 0 Å². The smallest absolute Gasteiger partial charge is 0.268 e. The van der Waals surface area contributed by atoms with E-state index in [9.17, 15) is 13.2 Å². The highest BCUT2D eigenvalue weighted by molar-refractivity contribution is 7.98. The van der Waals surface area contributed by atoms with Gasteiger partial charge in [0.25, 0.3) is 15.6 Å². The standard InChI is InChI=1S/C23H22N4O3S2/c1-31-23-24-20-11-12-26(15-19(20)22(28)25-23)13-16-14-27(21-10-6-5-9-18(16)21)32(29,30)17-7-3-2-4-8-17/h2-10,14H,11-13,15H2,1H3,(H,24,25,28). The molecule has 9 heteroatoms. The summed E-state index contributed by atoms with van der Waals surface area (Å²) in [7, 11) is -3.72. The van der Waals surface area contributed by atoms with Crippen LogP contribution in [0, 0.1) is 0 Å². The van der Waals surface area contributed by atoms with Crippen LogP contribution in [-0.2, 0) is 29.5 Å². The monoisotopic (exact) mass is 466 g/mol. The molecule has 5 rings (SSSR count). The van der Waals surface area contributed by atoms with Crippen molar-refractivity contribution in [1.29, 1.82) is 0 Å². The second-order valence-electron chi connectivity index (χ2n) is 7.75. The van der Waals surface area contributed by atoms with Crippen LogP contribution in [0.2, 0.25) is 0 Å². The van der Waals surface area contributed by atoms with Crippen molar-refractivity contribution < 1.29 is 8.42 Å². The SMILES string of the molecule is CSc1nc2c(c(=O)[nH]1)CN(Cc1cn(S(=O)(=O)c3ccccc3)c3ccccc13)CC2. The normalized spacial score (nSPS) is 14.5. The first-order chi connectivity index (χ1) is 15.5. The molecule has 0 unspecified atom stereocenters.